The van der Waals surface area contributed by atoms with Crippen LogP contribution >= 0.6 is 0 Å². The molecule has 2 rings (SSSR count). The predicted molar refractivity (Wildman–Crippen MR) is 65.5 cm³/mol. The molecule has 0 aliphatic rings. The fraction of sp³-hybridized carbons (Fsp3) is 0.385. The molecule has 1 heterocycles. The minimum absolute atomic E-state index is 0.137. The fourth-order valence-electron chi connectivity index (χ4n) is 1.51. The normalized spacial score (nSPS) is 11.9. The molecule has 0 fully saturated rings. The molecular weight excluding hydrogens is 234 g/mol. The van der Waals surface area contributed by atoms with Crippen LogP contribution in [0.25, 0.3) is 11.1 Å². The zero-order valence-corrected chi connectivity index (χ0v) is 10.6. The van der Waals surface area contributed by atoms with Crippen LogP contribution in [0.3, 0.4) is 0 Å². The molecule has 0 saturated heterocycles. The summed E-state index contributed by atoms with van der Waals surface area (Å²) < 4.78 is 11.0. The number of aromatic nitrogens is 1. The van der Waals surface area contributed by atoms with Gasteiger partial charge in [-0.05, 0) is 32.9 Å². The van der Waals surface area contributed by atoms with Gasteiger partial charge in [0.2, 0.25) is 5.89 Å². The lowest BCUT2D eigenvalue weighted by molar-refractivity contribution is -0.0238. The van der Waals surface area contributed by atoms with E-state index >= 15 is 0 Å². The van der Waals surface area contributed by atoms with Gasteiger partial charge in [-0.2, -0.15) is 0 Å². The van der Waals surface area contributed by atoms with Gasteiger partial charge in [0, 0.05) is 0 Å². The number of benzene rings is 1. The molecule has 5 nitrogen and oxygen atoms in total. The highest BCUT2D eigenvalue weighted by atomic mass is 16.5. The number of fused-ring (bicyclic) bond motifs is 1. The van der Waals surface area contributed by atoms with Gasteiger partial charge in [-0.15, -0.1) is 0 Å². The Bertz CT molecular complexity index is 580. The standard InChI is InChI=1S/C13H15NO4/c1-13(2,3)17-7-10-14-11-8(12(15)16)5-4-6-9(11)18-10/h4-6H,7H2,1-3H3,(H,15,16). The molecule has 1 aromatic carbocycles. The molecule has 0 atom stereocenters. The van der Waals surface area contributed by atoms with E-state index in [2.05, 4.69) is 4.98 Å². The maximum Gasteiger partial charge on any atom is 0.338 e. The number of nitrogens with zero attached hydrogens (tertiary/aromatic N) is 1. The molecule has 0 unspecified atom stereocenters. The first-order valence-electron chi connectivity index (χ1n) is 5.62. The average Bonchev–Trinajstić information content (AvgIpc) is 2.67. The largest absolute Gasteiger partial charge is 0.478 e. The Morgan fingerprint density at radius 1 is 1.44 bits per heavy atom. The van der Waals surface area contributed by atoms with Crippen molar-refractivity contribution in [3.8, 4) is 0 Å². The van der Waals surface area contributed by atoms with Crippen LogP contribution in [0, 0.1) is 0 Å². The monoisotopic (exact) mass is 249 g/mol. The van der Waals surface area contributed by atoms with Crippen molar-refractivity contribution in [2.75, 3.05) is 0 Å². The van der Waals surface area contributed by atoms with Crippen molar-refractivity contribution in [3.63, 3.8) is 0 Å². The first-order valence-corrected chi connectivity index (χ1v) is 5.62. The third-order valence-electron chi connectivity index (χ3n) is 2.32. The highest BCUT2D eigenvalue weighted by Gasteiger charge is 2.16. The number of carboxylic acid groups (broad SMARTS) is 1. The SMILES string of the molecule is CC(C)(C)OCc1nc2c(C(=O)O)cccc2o1. The number of hydrogen-bond acceptors (Lipinski definition) is 4. The number of ether oxygens (including phenoxy) is 1. The van der Waals surface area contributed by atoms with Crippen molar-refractivity contribution in [2.24, 2.45) is 0 Å². The van der Waals surface area contributed by atoms with Crippen molar-refractivity contribution in [2.45, 2.75) is 33.0 Å². The lowest BCUT2D eigenvalue weighted by atomic mass is 10.2. The van der Waals surface area contributed by atoms with E-state index in [1.807, 2.05) is 20.8 Å². The average molecular weight is 249 g/mol. The summed E-state index contributed by atoms with van der Waals surface area (Å²) in [4.78, 5) is 15.2. The quantitative estimate of drug-likeness (QED) is 0.905. The topological polar surface area (TPSA) is 72.6 Å². The van der Waals surface area contributed by atoms with Gasteiger partial charge in [0.25, 0.3) is 0 Å². The number of aromatic carboxylic acids is 1. The number of hydrogen-bond donors (Lipinski definition) is 1. The van der Waals surface area contributed by atoms with E-state index in [0.717, 1.165) is 0 Å². The Morgan fingerprint density at radius 2 is 2.17 bits per heavy atom. The molecule has 1 aromatic heterocycles. The highest BCUT2D eigenvalue weighted by molar-refractivity contribution is 6.00. The number of oxazole rings is 1. The van der Waals surface area contributed by atoms with E-state index in [9.17, 15) is 4.79 Å². The molecule has 0 bridgehead atoms. The Kier molecular flexibility index (Phi) is 3.09. The molecular formula is C13H15NO4. The second kappa shape index (κ2) is 4.42. The summed E-state index contributed by atoms with van der Waals surface area (Å²) >= 11 is 0. The highest BCUT2D eigenvalue weighted by Crippen LogP contribution is 2.21. The first kappa shape index (κ1) is 12.6. The lowest BCUT2D eigenvalue weighted by Gasteiger charge is -2.17. The van der Waals surface area contributed by atoms with Crippen molar-refractivity contribution in [3.05, 3.63) is 29.7 Å². The van der Waals surface area contributed by atoms with E-state index in [-0.39, 0.29) is 17.8 Å². The van der Waals surface area contributed by atoms with Crippen molar-refractivity contribution in [1.29, 1.82) is 0 Å². The minimum atomic E-state index is -1.02. The summed E-state index contributed by atoms with van der Waals surface area (Å²) in [7, 11) is 0. The smallest absolute Gasteiger partial charge is 0.338 e. The van der Waals surface area contributed by atoms with Crippen LogP contribution < -0.4 is 0 Å². The number of carbonyl (C=O) groups is 1. The molecule has 96 valence electrons. The Morgan fingerprint density at radius 3 is 2.78 bits per heavy atom. The molecule has 1 N–H and O–H groups in total. The molecule has 5 heteroatoms. The van der Waals surface area contributed by atoms with Crippen LogP contribution in [0.4, 0.5) is 0 Å². The number of carboxylic acids is 1. The van der Waals surface area contributed by atoms with Gasteiger partial charge < -0.3 is 14.3 Å². The first-order chi connectivity index (χ1) is 8.37. The van der Waals surface area contributed by atoms with E-state index in [1.54, 1.807) is 12.1 Å². The molecule has 0 aliphatic heterocycles. The van der Waals surface area contributed by atoms with Crippen LogP contribution in [-0.4, -0.2) is 21.7 Å². The molecule has 0 amide bonds. The summed E-state index contributed by atoms with van der Waals surface area (Å²) in [6, 6.07) is 4.82. The van der Waals surface area contributed by atoms with Gasteiger partial charge in [-0.25, -0.2) is 9.78 Å². The van der Waals surface area contributed by atoms with E-state index in [0.29, 0.717) is 17.0 Å². The van der Waals surface area contributed by atoms with Crippen LogP contribution in [0.5, 0.6) is 0 Å². The third-order valence-corrected chi connectivity index (χ3v) is 2.32. The van der Waals surface area contributed by atoms with Gasteiger partial charge in [0.15, 0.2) is 5.58 Å². The second-order valence-electron chi connectivity index (χ2n) is 4.97. The number of para-hydroxylation sites is 1. The van der Waals surface area contributed by atoms with Gasteiger partial charge in [-0.1, -0.05) is 6.07 Å². The van der Waals surface area contributed by atoms with Crippen LogP contribution in [0.1, 0.15) is 37.0 Å². The van der Waals surface area contributed by atoms with Crippen LogP contribution in [-0.2, 0) is 11.3 Å². The summed E-state index contributed by atoms with van der Waals surface area (Å²) in [5.74, 6) is -0.634. The lowest BCUT2D eigenvalue weighted by Crippen LogP contribution is -2.18. The zero-order chi connectivity index (χ0) is 13.3. The van der Waals surface area contributed by atoms with E-state index in [1.165, 1.54) is 6.07 Å². The summed E-state index contributed by atoms with van der Waals surface area (Å²) in [6.45, 7) is 6.01. The van der Waals surface area contributed by atoms with E-state index < -0.39 is 5.97 Å². The molecule has 0 aliphatic carbocycles. The summed E-state index contributed by atoms with van der Waals surface area (Å²) in [5, 5.41) is 9.04. The summed E-state index contributed by atoms with van der Waals surface area (Å²) in [6.07, 6.45) is 0. The van der Waals surface area contributed by atoms with Crippen LogP contribution in [0.2, 0.25) is 0 Å². The third kappa shape index (κ3) is 2.68. The van der Waals surface area contributed by atoms with Gasteiger partial charge in [0.05, 0.1) is 11.2 Å². The molecule has 0 radical (unpaired) electrons. The molecule has 0 spiro atoms. The van der Waals surface area contributed by atoms with Gasteiger partial charge in [-0.3, -0.25) is 0 Å². The fourth-order valence-corrected chi connectivity index (χ4v) is 1.51. The Labute approximate surface area is 104 Å². The van der Waals surface area contributed by atoms with Gasteiger partial charge in [0.1, 0.15) is 12.1 Å². The maximum absolute atomic E-state index is 11.0. The molecule has 18 heavy (non-hydrogen) atoms. The van der Waals surface area contributed by atoms with Crippen LogP contribution in [0.15, 0.2) is 22.6 Å². The van der Waals surface area contributed by atoms with Crippen molar-refractivity contribution in [1.82, 2.24) is 4.98 Å². The van der Waals surface area contributed by atoms with Crippen molar-refractivity contribution >= 4 is 17.1 Å². The maximum atomic E-state index is 11.0. The minimum Gasteiger partial charge on any atom is -0.478 e. The molecule has 0 saturated carbocycles. The van der Waals surface area contributed by atoms with Gasteiger partial charge >= 0.3 is 5.97 Å². The number of rotatable bonds is 3. The Hall–Kier alpha value is -1.88. The Balaban J connectivity index is 2.33. The second-order valence-corrected chi connectivity index (χ2v) is 4.97. The van der Waals surface area contributed by atoms with Crippen molar-refractivity contribution < 1.29 is 19.1 Å². The molecule has 2 aromatic rings. The summed E-state index contributed by atoms with van der Waals surface area (Å²) in [5.41, 5.74) is 0.661. The van der Waals surface area contributed by atoms with E-state index in [4.69, 9.17) is 14.3 Å². The predicted octanol–water partition coefficient (Wildman–Crippen LogP) is 2.84. The zero-order valence-electron chi connectivity index (χ0n) is 10.6.